The highest BCUT2D eigenvalue weighted by Gasteiger charge is 2.31. The monoisotopic (exact) mass is 345 g/mol. The predicted octanol–water partition coefficient (Wildman–Crippen LogP) is 3.90. The second-order valence-electron chi connectivity index (χ2n) is 7.29. The average molecular weight is 345 g/mol. The first-order chi connectivity index (χ1) is 12.2. The lowest BCUT2D eigenvalue weighted by molar-refractivity contribution is 0.0768. The number of piperidine rings is 1. The molecule has 4 rings (SSSR count). The van der Waals surface area contributed by atoms with Gasteiger partial charge in [-0.15, -0.1) is 10.2 Å². The number of nitrogens with zero attached hydrogens (tertiary/aromatic N) is 3. The summed E-state index contributed by atoms with van der Waals surface area (Å²) in [5.74, 6) is 3.90. The van der Waals surface area contributed by atoms with Gasteiger partial charge in [-0.05, 0) is 52.1 Å². The Hall–Kier alpha value is -1.66. The fourth-order valence-corrected chi connectivity index (χ4v) is 4.01. The molecule has 0 aromatic carbocycles. The van der Waals surface area contributed by atoms with E-state index in [1.807, 2.05) is 13.8 Å². The highest BCUT2D eigenvalue weighted by atomic mass is 16.5. The first-order valence-corrected chi connectivity index (χ1v) is 9.41. The lowest BCUT2D eigenvalue weighted by atomic mass is 10.0. The van der Waals surface area contributed by atoms with Gasteiger partial charge in [-0.25, -0.2) is 0 Å². The van der Waals surface area contributed by atoms with E-state index in [0.29, 0.717) is 5.92 Å². The number of ether oxygens (including phenoxy) is 1. The van der Waals surface area contributed by atoms with E-state index in [1.165, 1.54) is 18.4 Å². The minimum atomic E-state index is 0.212. The summed E-state index contributed by atoms with van der Waals surface area (Å²) in [7, 11) is 0. The van der Waals surface area contributed by atoms with Gasteiger partial charge in [-0.3, -0.25) is 4.90 Å². The Labute approximate surface area is 148 Å². The summed E-state index contributed by atoms with van der Waals surface area (Å²) < 4.78 is 17.2. The van der Waals surface area contributed by atoms with Gasteiger partial charge >= 0.3 is 0 Å². The Morgan fingerprint density at radius 3 is 2.60 bits per heavy atom. The van der Waals surface area contributed by atoms with Crippen LogP contribution in [0.15, 0.2) is 14.9 Å². The zero-order chi connectivity index (χ0) is 17.2. The highest BCUT2D eigenvalue weighted by Crippen LogP contribution is 2.34. The predicted molar refractivity (Wildman–Crippen MR) is 92.3 cm³/mol. The maximum Gasteiger partial charge on any atom is 0.233 e. The molecule has 0 radical (unpaired) electrons. The van der Waals surface area contributed by atoms with E-state index in [2.05, 4.69) is 21.2 Å². The van der Waals surface area contributed by atoms with Crippen molar-refractivity contribution in [3.05, 3.63) is 34.9 Å². The number of furan rings is 1. The highest BCUT2D eigenvalue weighted by molar-refractivity contribution is 5.20. The van der Waals surface area contributed by atoms with Gasteiger partial charge < -0.3 is 13.6 Å². The van der Waals surface area contributed by atoms with Crippen molar-refractivity contribution in [3.8, 4) is 0 Å². The minimum Gasteiger partial charge on any atom is -0.466 e. The second-order valence-corrected chi connectivity index (χ2v) is 7.29. The lowest BCUT2D eigenvalue weighted by Crippen LogP contribution is -2.33. The van der Waals surface area contributed by atoms with E-state index in [9.17, 15) is 0 Å². The Morgan fingerprint density at radius 2 is 1.84 bits per heavy atom. The Bertz CT molecular complexity index is 703. The zero-order valence-corrected chi connectivity index (χ0v) is 15.2. The molecule has 6 nitrogen and oxygen atoms in total. The topological polar surface area (TPSA) is 64.5 Å². The van der Waals surface area contributed by atoms with Gasteiger partial charge in [-0.1, -0.05) is 6.42 Å². The summed E-state index contributed by atoms with van der Waals surface area (Å²) in [6.45, 7) is 7.56. The molecule has 2 aliphatic heterocycles. The van der Waals surface area contributed by atoms with Crippen molar-refractivity contribution >= 4 is 0 Å². The lowest BCUT2D eigenvalue weighted by Gasteiger charge is -2.33. The van der Waals surface area contributed by atoms with E-state index < -0.39 is 0 Å². The molecular formula is C19H27N3O3. The molecule has 2 aromatic heterocycles. The molecular weight excluding hydrogens is 318 g/mol. The summed E-state index contributed by atoms with van der Waals surface area (Å²) in [6, 6.07) is 2.35. The Kier molecular flexibility index (Phi) is 4.90. The smallest absolute Gasteiger partial charge is 0.233 e. The van der Waals surface area contributed by atoms with Gasteiger partial charge in [0.15, 0.2) is 0 Å². The van der Waals surface area contributed by atoms with E-state index >= 15 is 0 Å². The number of aryl methyl sites for hydroxylation is 2. The second kappa shape index (κ2) is 7.30. The van der Waals surface area contributed by atoms with Gasteiger partial charge in [0.05, 0.1) is 6.04 Å². The summed E-state index contributed by atoms with van der Waals surface area (Å²) >= 11 is 0. The van der Waals surface area contributed by atoms with Crippen LogP contribution in [0.2, 0.25) is 0 Å². The van der Waals surface area contributed by atoms with Crippen molar-refractivity contribution in [3.63, 3.8) is 0 Å². The fraction of sp³-hybridized carbons (Fsp3) is 0.684. The molecule has 0 spiro atoms. The molecule has 0 aliphatic carbocycles. The van der Waals surface area contributed by atoms with Crippen LogP contribution in [-0.4, -0.2) is 34.9 Å². The van der Waals surface area contributed by atoms with Crippen LogP contribution in [0.5, 0.6) is 0 Å². The van der Waals surface area contributed by atoms with Crippen molar-refractivity contribution in [2.24, 2.45) is 0 Å². The summed E-state index contributed by atoms with van der Waals surface area (Å²) in [4.78, 5) is 2.46. The number of likely N-dealkylation sites (tertiary alicyclic amines) is 1. The van der Waals surface area contributed by atoms with Crippen LogP contribution in [0.3, 0.4) is 0 Å². The number of rotatable bonds is 4. The van der Waals surface area contributed by atoms with E-state index in [1.54, 1.807) is 0 Å². The third kappa shape index (κ3) is 3.65. The van der Waals surface area contributed by atoms with Crippen molar-refractivity contribution < 1.29 is 13.6 Å². The quantitative estimate of drug-likeness (QED) is 0.837. The number of aromatic nitrogens is 2. The zero-order valence-electron chi connectivity index (χ0n) is 15.2. The molecule has 0 N–H and O–H groups in total. The molecule has 136 valence electrons. The van der Waals surface area contributed by atoms with Crippen LogP contribution < -0.4 is 0 Å². The molecule has 0 unspecified atom stereocenters. The van der Waals surface area contributed by atoms with Crippen molar-refractivity contribution in [2.75, 3.05) is 19.8 Å². The van der Waals surface area contributed by atoms with Crippen molar-refractivity contribution in [1.29, 1.82) is 0 Å². The third-order valence-corrected chi connectivity index (χ3v) is 5.44. The van der Waals surface area contributed by atoms with Gasteiger partial charge in [-0.2, -0.15) is 0 Å². The fourth-order valence-electron chi connectivity index (χ4n) is 4.01. The summed E-state index contributed by atoms with van der Waals surface area (Å²) in [5, 5.41) is 8.77. The normalized spacial score (nSPS) is 23.2. The molecule has 0 amide bonds. The molecule has 2 saturated heterocycles. The Balaban J connectivity index is 1.50. The van der Waals surface area contributed by atoms with E-state index in [4.69, 9.17) is 13.6 Å². The van der Waals surface area contributed by atoms with Crippen LogP contribution in [0.4, 0.5) is 0 Å². The molecule has 1 atom stereocenters. The van der Waals surface area contributed by atoms with Gasteiger partial charge in [0.25, 0.3) is 0 Å². The van der Waals surface area contributed by atoms with Crippen molar-refractivity contribution in [2.45, 2.75) is 64.5 Å². The first kappa shape index (κ1) is 16.8. The molecule has 2 aromatic rings. The van der Waals surface area contributed by atoms with E-state index in [0.717, 1.165) is 68.9 Å². The molecule has 0 bridgehead atoms. The van der Waals surface area contributed by atoms with Gasteiger partial charge in [0.2, 0.25) is 11.8 Å². The maximum atomic E-state index is 6.12. The van der Waals surface area contributed by atoms with Crippen molar-refractivity contribution in [1.82, 2.24) is 15.1 Å². The van der Waals surface area contributed by atoms with Gasteiger partial charge in [0.1, 0.15) is 11.5 Å². The number of hydrogen-bond acceptors (Lipinski definition) is 6. The summed E-state index contributed by atoms with van der Waals surface area (Å²) in [5.41, 5.74) is 1.26. The SMILES string of the molecule is Cc1cc(CN2CCCC[C@@H]2c2nnc(C3CCOCC3)o2)c(C)o1. The first-order valence-electron chi connectivity index (χ1n) is 9.41. The molecule has 4 heterocycles. The van der Waals surface area contributed by atoms with E-state index in [-0.39, 0.29) is 6.04 Å². The van der Waals surface area contributed by atoms with Gasteiger partial charge in [0, 0.05) is 31.2 Å². The largest absolute Gasteiger partial charge is 0.466 e. The van der Waals surface area contributed by atoms with Crippen LogP contribution in [0.1, 0.15) is 72.9 Å². The average Bonchev–Trinajstić information content (AvgIpc) is 3.23. The molecule has 6 heteroatoms. The standard InChI is InChI=1S/C19H27N3O3/c1-13-11-16(14(2)24-13)12-22-8-4-3-5-17(22)19-21-20-18(25-19)15-6-9-23-10-7-15/h11,15,17H,3-10,12H2,1-2H3/t17-/m1/s1. The Morgan fingerprint density at radius 1 is 1.04 bits per heavy atom. The molecule has 2 fully saturated rings. The number of hydrogen-bond donors (Lipinski definition) is 0. The molecule has 25 heavy (non-hydrogen) atoms. The van der Waals surface area contributed by atoms with Crippen LogP contribution in [0.25, 0.3) is 0 Å². The maximum absolute atomic E-state index is 6.12. The molecule has 0 saturated carbocycles. The van der Waals surface area contributed by atoms with Crippen LogP contribution in [-0.2, 0) is 11.3 Å². The van der Waals surface area contributed by atoms with Crippen LogP contribution >= 0.6 is 0 Å². The third-order valence-electron chi connectivity index (χ3n) is 5.44. The van der Waals surface area contributed by atoms with Crippen LogP contribution in [0, 0.1) is 13.8 Å². The summed E-state index contributed by atoms with van der Waals surface area (Å²) in [6.07, 6.45) is 5.45. The molecule has 2 aliphatic rings. The minimum absolute atomic E-state index is 0.212.